The van der Waals surface area contributed by atoms with Crippen LogP contribution in [0.5, 0.6) is 0 Å². The van der Waals surface area contributed by atoms with Gasteiger partial charge >= 0.3 is 5.97 Å². The first-order valence-electron chi connectivity index (χ1n) is 8.85. The van der Waals surface area contributed by atoms with Crippen molar-refractivity contribution >= 4 is 35.7 Å². The zero-order valence-electron chi connectivity index (χ0n) is 15.0. The molecule has 1 saturated heterocycles. The molecular formula is C18H21ClN4O3S. The maximum atomic E-state index is 12.7. The fraction of sp³-hybridized carbons (Fsp3) is 0.444. The van der Waals surface area contributed by atoms with E-state index in [1.165, 1.54) is 0 Å². The molecule has 27 heavy (non-hydrogen) atoms. The lowest BCUT2D eigenvalue weighted by molar-refractivity contribution is -0.151. The Morgan fingerprint density at radius 2 is 1.96 bits per heavy atom. The Kier molecular flexibility index (Phi) is 6.28. The van der Waals surface area contributed by atoms with Crippen LogP contribution in [-0.4, -0.2) is 51.2 Å². The van der Waals surface area contributed by atoms with E-state index in [0.717, 1.165) is 5.56 Å². The third-order valence-corrected chi connectivity index (χ3v) is 5.19. The highest BCUT2D eigenvalue weighted by Gasteiger charge is 2.28. The largest absolute Gasteiger partial charge is 0.466 e. The van der Waals surface area contributed by atoms with E-state index in [2.05, 4.69) is 10.2 Å². The molecule has 144 valence electrons. The number of benzene rings is 1. The summed E-state index contributed by atoms with van der Waals surface area (Å²) in [6.45, 7) is 3.33. The van der Waals surface area contributed by atoms with Gasteiger partial charge in [0.1, 0.15) is 6.54 Å². The summed E-state index contributed by atoms with van der Waals surface area (Å²) in [5.41, 5.74) is 0.820. The van der Waals surface area contributed by atoms with Gasteiger partial charge in [0.2, 0.25) is 5.91 Å². The standard InChI is InChI=1S/C18H21ClN4O3S/c1-2-26-17(25)13-7-9-22(10-8-13)15(24)11-23-16(20-21-18(23)27)12-3-5-14(19)6-4-12/h3-6,13H,2,7-11H2,1H3,(H,21,27). The van der Waals surface area contributed by atoms with Crippen molar-refractivity contribution in [2.24, 2.45) is 5.92 Å². The second kappa shape index (κ2) is 8.67. The van der Waals surface area contributed by atoms with Gasteiger partial charge in [-0.1, -0.05) is 11.6 Å². The van der Waals surface area contributed by atoms with Gasteiger partial charge in [0.05, 0.1) is 12.5 Å². The second-order valence-electron chi connectivity index (χ2n) is 6.35. The minimum absolute atomic E-state index is 0.0509. The van der Waals surface area contributed by atoms with Crippen LogP contribution in [0.3, 0.4) is 0 Å². The minimum atomic E-state index is -0.174. The molecule has 0 bridgehead atoms. The smallest absolute Gasteiger partial charge is 0.309 e. The number of hydrogen-bond acceptors (Lipinski definition) is 5. The number of hydrogen-bond donors (Lipinski definition) is 1. The van der Waals surface area contributed by atoms with Crippen LogP contribution in [0.15, 0.2) is 24.3 Å². The fourth-order valence-electron chi connectivity index (χ4n) is 3.14. The topological polar surface area (TPSA) is 80.2 Å². The molecule has 2 aromatic rings. The van der Waals surface area contributed by atoms with Gasteiger partial charge in [0.15, 0.2) is 10.6 Å². The van der Waals surface area contributed by atoms with Crippen LogP contribution >= 0.6 is 23.8 Å². The summed E-state index contributed by atoms with van der Waals surface area (Å²) in [6.07, 6.45) is 1.23. The highest BCUT2D eigenvalue weighted by molar-refractivity contribution is 7.71. The van der Waals surface area contributed by atoms with E-state index in [1.54, 1.807) is 28.5 Å². The quantitative estimate of drug-likeness (QED) is 0.607. The first-order chi connectivity index (χ1) is 13.0. The molecule has 1 fully saturated rings. The molecular weight excluding hydrogens is 388 g/mol. The van der Waals surface area contributed by atoms with Crippen molar-refractivity contribution in [1.29, 1.82) is 0 Å². The number of H-pyrrole nitrogens is 1. The van der Waals surface area contributed by atoms with Crippen LogP contribution < -0.4 is 0 Å². The van der Waals surface area contributed by atoms with E-state index in [4.69, 9.17) is 28.6 Å². The first kappa shape index (κ1) is 19.6. The highest BCUT2D eigenvalue weighted by atomic mass is 35.5. The Labute approximate surface area is 167 Å². The average Bonchev–Trinajstić information content (AvgIpc) is 3.03. The number of nitrogens with one attached hydrogen (secondary N) is 1. The average molecular weight is 409 g/mol. The molecule has 1 aromatic carbocycles. The van der Waals surface area contributed by atoms with Crippen molar-refractivity contribution in [2.75, 3.05) is 19.7 Å². The summed E-state index contributed by atoms with van der Waals surface area (Å²) in [6, 6.07) is 7.19. The molecule has 1 aliphatic rings. The number of halogens is 1. The maximum Gasteiger partial charge on any atom is 0.309 e. The molecule has 0 aliphatic carbocycles. The zero-order valence-corrected chi connectivity index (χ0v) is 16.6. The van der Waals surface area contributed by atoms with Crippen LogP contribution in [0.1, 0.15) is 19.8 Å². The molecule has 0 atom stereocenters. The van der Waals surface area contributed by atoms with E-state index in [1.807, 2.05) is 12.1 Å². The van der Waals surface area contributed by atoms with Crippen molar-refractivity contribution in [3.63, 3.8) is 0 Å². The second-order valence-corrected chi connectivity index (χ2v) is 7.18. The van der Waals surface area contributed by atoms with Gasteiger partial charge in [0, 0.05) is 23.7 Å². The molecule has 0 spiro atoms. The summed E-state index contributed by atoms with van der Waals surface area (Å²) < 4.78 is 7.13. The third-order valence-electron chi connectivity index (χ3n) is 4.62. The highest BCUT2D eigenvalue weighted by Crippen LogP contribution is 2.22. The summed E-state index contributed by atoms with van der Waals surface area (Å²) in [5.74, 6) is 0.234. The number of aromatic amines is 1. The molecule has 0 saturated carbocycles. The molecule has 0 unspecified atom stereocenters. The van der Waals surface area contributed by atoms with Gasteiger partial charge in [-0.05, 0) is 56.2 Å². The van der Waals surface area contributed by atoms with E-state index < -0.39 is 0 Å². The summed E-state index contributed by atoms with van der Waals surface area (Å²) in [5, 5.41) is 7.61. The van der Waals surface area contributed by atoms with E-state index >= 15 is 0 Å². The van der Waals surface area contributed by atoms with E-state index in [0.29, 0.717) is 48.2 Å². The number of rotatable bonds is 5. The van der Waals surface area contributed by atoms with Gasteiger partial charge in [0.25, 0.3) is 0 Å². The van der Waals surface area contributed by atoms with E-state index in [-0.39, 0.29) is 24.3 Å². The number of carbonyl (C=O) groups is 2. The zero-order chi connectivity index (χ0) is 19.4. The van der Waals surface area contributed by atoms with Crippen molar-refractivity contribution in [2.45, 2.75) is 26.3 Å². The number of likely N-dealkylation sites (tertiary alicyclic amines) is 1. The van der Waals surface area contributed by atoms with Crippen molar-refractivity contribution in [3.8, 4) is 11.4 Å². The van der Waals surface area contributed by atoms with Gasteiger partial charge in [-0.2, -0.15) is 5.10 Å². The van der Waals surface area contributed by atoms with Gasteiger partial charge in [-0.25, -0.2) is 0 Å². The maximum absolute atomic E-state index is 12.7. The Hall–Kier alpha value is -2.19. The van der Waals surface area contributed by atoms with Gasteiger partial charge in [-0.3, -0.25) is 19.3 Å². The molecule has 1 aromatic heterocycles. The summed E-state index contributed by atoms with van der Waals surface area (Å²) in [7, 11) is 0. The van der Waals surface area contributed by atoms with Crippen LogP contribution in [-0.2, 0) is 20.9 Å². The lowest BCUT2D eigenvalue weighted by atomic mass is 9.97. The van der Waals surface area contributed by atoms with Crippen molar-refractivity contribution in [3.05, 3.63) is 34.1 Å². The lowest BCUT2D eigenvalue weighted by Crippen LogP contribution is -2.42. The Bertz CT molecular complexity index is 869. The van der Waals surface area contributed by atoms with Gasteiger partial charge in [-0.15, -0.1) is 0 Å². The Balaban J connectivity index is 1.67. The van der Waals surface area contributed by atoms with Crippen LogP contribution in [0.2, 0.25) is 5.02 Å². The minimum Gasteiger partial charge on any atom is -0.466 e. The van der Waals surface area contributed by atoms with Crippen LogP contribution in [0, 0.1) is 10.7 Å². The Morgan fingerprint density at radius 3 is 2.59 bits per heavy atom. The third kappa shape index (κ3) is 4.56. The van der Waals surface area contributed by atoms with Crippen molar-refractivity contribution < 1.29 is 14.3 Å². The van der Waals surface area contributed by atoms with Crippen LogP contribution in [0.4, 0.5) is 0 Å². The van der Waals surface area contributed by atoms with E-state index in [9.17, 15) is 9.59 Å². The number of esters is 1. The molecule has 1 N–H and O–H groups in total. The van der Waals surface area contributed by atoms with Crippen LogP contribution in [0.25, 0.3) is 11.4 Å². The number of carbonyl (C=O) groups excluding carboxylic acids is 2. The molecule has 2 heterocycles. The number of piperidine rings is 1. The lowest BCUT2D eigenvalue weighted by Gasteiger charge is -2.31. The summed E-state index contributed by atoms with van der Waals surface area (Å²) >= 11 is 11.2. The number of nitrogens with zero attached hydrogens (tertiary/aromatic N) is 3. The number of ether oxygens (including phenoxy) is 1. The van der Waals surface area contributed by atoms with Gasteiger partial charge < -0.3 is 9.64 Å². The number of amides is 1. The molecule has 7 nitrogen and oxygen atoms in total. The number of aromatic nitrogens is 3. The summed E-state index contributed by atoms with van der Waals surface area (Å²) in [4.78, 5) is 26.3. The molecule has 9 heteroatoms. The molecule has 3 rings (SSSR count). The van der Waals surface area contributed by atoms with Crippen molar-refractivity contribution in [1.82, 2.24) is 19.7 Å². The predicted molar refractivity (Wildman–Crippen MR) is 104 cm³/mol. The molecule has 1 amide bonds. The first-order valence-corrected chi connectivity index (χ1v) is 9.63. The predicted octanol–water partition coefficient (Wildman–Crippen LogP) is 3.06. The normalized spacial score (nSPS) is 15.0. The molecule has 0 radical (unpaired) electrons. The Morgan fingerprint density at radius 1 is 1.30 bits per heavy atom. The SMILES string of the molecule is CCOC(=O)C1CCN(C(=O)Cn2c(-c3ccc(Cl)cc3)n[nH]c2=S)CC1. The molecule has 1 aliphatic heterocycles. The monoisotopic (exact) mass is 408 g/mol. The fourth-order valence-corrected chi connectivity index (χ4v) is 3.47.